The van der Waals surface area contributed by atoms with Crippen molar-refractivity contribution in [3.05, 3.63) is 65.3 Å². The number of hydrogen-bond donors (Lipinski definition) is 0. The summed E-state index contributed by atoms with van der Waals surface area (Å²) in [7, 11) is -0.968. The Morgan fingerprint density at radius 2 is 1.88 bits per heavy atom. The number of carbonyl (C=O) groups excluding carboxylic acids is 1. The van der Waals surface area contributed by atoms with Crippen molar-refractivity contribution in [2.75, 3.05) is 29.5 Å². The van der Waals surface area contributed by atoms with Gasteiger partial charge in [-0.15, -0.1) is 10.2 Å². The average Bonchev–Trinajstić information content (AvgIpc) is 3.29. The number of benzene rings is 2. The van der Waals surface area contributed by atoms with Crippen LogP contribution in [0.2, 0.25) is 0 Å². The maximum absolute atomic E-state index is 15.0. The van der Waals surface area contributed by atoms with Crippen LogP contribution >= 0.6 is 0 Å². The van der Waals surface area contributed by atoms with Gasteiger partial charge in [-0.2, -0.15) is 13.2 Å². The Kier molecular flexibility index (Phi) is 6.69. The predicted octanol–water partition coefficient (Wildman–Crippen LogP) is 4.39. The first-order valence-corrected chi connectivity index (χ1v) is 11.8. The Labute approximate surface area is 194 Å². The summed E-state index contributed by atoms with van der Waals surface area (Å²) >= 11 is 0. The number of carbonyl (C=O) groups is 1. The molecule has 180 valence electrons. The lowest BCUT2D eigenvalue weighted by atomic mass is 10.1. The molecule has 4 rings (SSSR count). The fourth-order valence-corrected chi connectivity index (χ4v) is 4.55. The minimum Gasteiger partial charge on any atom is -0.413 e. The van der Waals surface area contributed by atoms with Gasteiger partial charge in [-0.25, -0.2) is 9.18 Å². The summed E-state index contributed by atoms with van der Waals surface area (Å²) in [5, 5.41) is 6.29. The average molecular weight is 496 g/mol. The zero-order valence-corrected chi connectivity index (χ0v) is 18.8. The second-order valence-corrected chi connectivity index (χ2v) is 9.46. The van der Waals surface area contributed by atoms with Gasteiger partial charge in [0.15, 0.2) is 0 Å². The molecule has 3 aromatic rings. The van der Waals surface area contributed by atoms with Crippen molar-refractivity contribution in [2.45, 2.75) is 19.6 Å². The molecular weight excluding hydrogens is 476 g/mol. The van der Waals surface area contributed by atoms with E-state index in [1.54, 1.807) is 23.1 Å². The Balaban J connectivity index is 1.61. The number of rotatable bonds is 4. The Hall–Kier alpha value is -3.28. The third-order valence-corrected chi connectivity index (χ3v) is 6.56. The third-order valence-electron chi connectivity index (χ3n) is 5.29. The summed E-state index contributed by atoms with van der Waals surface area (Å²) in [5.41, 5.74) is 1.60. The van der Waals surface area contributed by atoms with Gasteiger partial charge in [0.25, 0.3) is 0 Å². The molecule has 1 fully saturated rings. The molecule has 7 nitrogen and oxygen atoms in total. The van der Waals surface area contributed by atoms with E-state index >= 15 is 0 Å². The molecule has 0 aliphatic carbocycles. The van der Waals surface area contributed by atoms with E-state index in [9.17, 15) is 26.6 Å². The van der Waals surface area contributed by atoms with Crippen LogP contribution in [0.1, 0.15) is 17.0 Å². The van der Waals surface area contributed by atoms with E-state index in [4.69, 9.17) is 0 Å². The van der Waals surface area contributed by atoms with Gasteiger partial charge in [0, 0.05) is 52.2 Å². The second-order valence-electron chi connectivity index (χ2n) is 7.76. The number of nitrogens with zero attached hydrogens (tertiary/aromatic N) is 4. The highest BCUT2D eigenvalue weighted by molar-refractivity contribution is 7.85. The first-order chi connectivity index (χ1) is 16.1. The molecule has 0 N–H and O–H groups in total. The number of aromatic nitrogens is 2. The van der Waals surface area contributed by atoms with E-state index in [2.05, 4.69) is 14.6 Å². The number of aryl methyl sites for hydroxylation is 1. The second kappa shape index (κ2) is 9.53. The van der Waals surface area contributed by atoms with E-state index < -0.39 is 34.6 Å². The van der Waals surface area contributed by atoms with E-state index in [1.807, 2.05) is 13.0 Å². The largest absolute Gasteiger partial charge is 0.470 e. The molecule has 2 heterocycles. The topological polar surface area (TPSA) is 79.5 Å². The molecule has 1 aliphatic heterocycles. The number of alkyl halides is 3. The van der Waals surface area contributed by atoms with Gasteiger partial charge >= 0.3 is 18.1 Å². The monoisotopic (exact) mass is 496 g/mol. The fourth-order valence-electron chi connectivity index (χ4n) is 3.50. The van der Waals surface area contributed by atoms with Crippen LogP contribution in [0.3, 0.4) is 0 Å². The SMILES string of the molecule is Cc1cccc(N(Cc2ccc(-c3nnc(C(F)(F)F)o3)cc2F)C(=O)N2CCS(=O)CC2)c1. The van der Waals surface area contributed by atoms with Crippen LogP contribution in [-0.4, -0.2) is 49.9 Å². The number of halogens is 4. The normalized spacial score (nSPS) is 14.9. The number of hydrogen-bond acceptors (Lipinski definition) is 5. The minimum atomic E-state index is -4.81. The summed E-state index contributed by atoms with van der Waals surface area (Å²) in [4.78, 5) is 16.3. The van der Waals surface area contributed by atoms with Crippen molar-refractivity contribution in [3.8, 4) is 11.5 Å². The highest BCUT2D eigenvalue weighted by atomic mass is 32.2. The van der Waals surface area contributed by atoms with Crippen molar-refractivity contribution in [1.29, 1.82) is 0 Å². The van der Waals surface area contributed by atoms with Crippen molar-refractivity contribution in [1.82, 2.24) is 15.1 Å². The molecule has 2 aromatic carbocycles. The molecule has 1 saturated heterocycles. The Morgan fingerprint density at radius 1 is 1.15 bits per heavy atom. The van der Waals surface area contributed by atoms with Gasteiger partial charge in [0.2, 0.25) is 5.89 Å². The molecule has 0 unspecified atom stereocenters. The summed E-state index contributed by atoms with van der Waals surface area (Å²) in [6, 6.07) is 10.5. The van der Waals surface area contributed by atoms with E-state index in [-0.39, 0.29) is 23.7 Å². The lowest BCUT2D eigenvalue weighted by molar-refractivity contribution is -0.156. The number of anilines is 1. The molecular formula is C22H20F4N4O3S. The maximum Gasteiger partial charge on any atom is 0.470 e. The number of amides is 2. The molecule has 0 atom stereocenters. The lowest BCUT2D eigenvalue weighted by Gasteiger charge is -2.33. The van der Waals surface area contributed by atoms with Crippen LogP contribution in [0.25, 0.3) is 11.5 Å². The maximum atomic E-state index is 15.0. The first-order valence-electron chi connectivity index (χ1n) is 10.3. The summed E-state index contributed by atoms with van der Waals surface area (Å²) in [5.74, 6) is -1.98. The molecule has 12 heteroatoms. The van der Waals surface area contributed by atoms with Gasteiger partial charge in [0.05, 0.1) is 6.54 Å². The zero-order chi connectivity index (χ0) is 24.5. The highest BCUT2D eigenvalue weighted by Gasteiger charge is 2.38. The Bertz CT molecular complexity index is 1220. The van der Waals surface area contributed by atoms with Crippen LogP contribution in [-0.2, 0) is 23.5 Å². The van der Waals surface area contributed by atoms with Gasteiger partial charge in [-0.1, -0.05) is 18.2 Å². The molecule has 0 radical (unpaired) electrons. The minimum absolute atomic E-state index is 0.0174. The van der Waals surface area contributed by atoms with Crippen LogP contribution in [0.5, 0.6) is 0 Å². The highest BCUT2D eigenvalue weighted by Crippen LogP contribution is 2.31. The third kappa shape index (κ3) is 5.27. The molecule has 1 aliphatic rings. The zero-order valence-electron chi connectivity index (χ0n) is 18.0. The molecule has 2 amide bonds. The summed E-state index contributed by atoms with van der Waals surface area (Å²) in [6.07, 6.45) is -4.81. The van der Waals surface area contributed by atoms with Crippen LogP contribution < -0.4 is 4.90 Å². The van der Waals surface area contributed by atoms with E-state index in [0.717, 1.165) is 11.6 Å². The number of urea groups is 1. The smallest absolute Gasteiger partial charge is 0.413 e. The molecule has 34 heavy (non-hydrogen) atoms. The standard InChI is InChI=1S/C22H20F4N4O3S/c1-14-3-2-4-17(11-14)30(21(31)29-7-9-34(32)10-8-29)13-16-6-5-15(12-18(16)23)19-27-28-20(33-19)22(24,25)26/h2-6,11-12H,7-10,13H2,1H3. The lowest BCUT2D eigenvalue weighted by Crippen LogP contribution is -2.48. The molecule has 0 spiro atoms. The van der Waals surface area contributed by atoms with Crippen molar-refractivity contribution < 1.29 is 31.0 Å². The van der Waals surface area contributed by atoms with Gasteiger partial charge in [-0.3, -0.25) is 9.11 Å². The van der Waals surface area contributed by atoms with Gasteiger partial charge in [0.1, 0.15) is 5.82 Å². The molecule has 1 aromatic heterocycles. The quantitative estimate of drug-likeness (QED) is 0.501. The molecule has 0 saturated carbocycles. The summed E-state index contributed by atoms with van der Waals surface area (Å²) < 4.78 is 69.4. The van der Waals surface area contributed by atoms with Crippen molar-refractivity contribution in [3.63, 3.8) is 0 Å². The molecule has 0 bridgehead atoms. The van der Waals surface area contributed by atoms with E-state index in [1.165, 1.54) is 17.0 Å². The van der Waals surface area contributed by atoms with Crippen molar-refractivity contribution >= 4 is 22.5 Å². The van der Waals surface area contributed by atoms with Crippen LogP contribution in [0.15, 0.2) is 46.9 Å². The fraction of sp³-hybridized carbons (Fsp3) is 0.318. The van der Waals surface area contributed by atoms with Gasteiger partial charge in [-0.05, 0) is 36.8 Å². The van der Waals surface area contributed by atoms with Crippen LogP contribution in [0.4, 0.5) is 28.0 Å². The summed E-state index contributed by atoms with van der Waals surface area (Å²) in [6.45, 7) is 2.40. The van der Waals surface area contributed by atoms with E-state index in [0.29, 0.717) is 30.3 Å². The van der Waals surface area contributed by atoms with Crippen LogP contribution in [0, 0.1) is 12.7 Å². The van der Waals surface area contributed by atoms with Crippen molar-refractivity contribution in [2.24, 2.45) is 0 Å². The predicted molar refractivity (Wildman–Crippen MR) is 117 cm³/mol. The van der Waals surface area contributed by atoms with Gasteiger partial charge < -0.3 is 9.32 Å². The Morgan fingerprint density at radius 3 is 2.50 bits per heavy atom. The first kappa shape index (κ1) is 23.9.